The molecule has 1 atom stereocenters. The quantitative estimate of drug-likeness (QED) is 0.721. The zero-order valence-electron chi connectivity index (χ0n) is 14.0. The molecule has 2 heterocycles. The molecule has 1 amide bonds. The lowest BCUT2D eigenvalue weighted by Gasteiger charge is -2.10. The number of thiazole rings is 1. The maximum absolute atomic E-state index is 12.6. The largest absolute Gasteiger partial charge is 0.480 e. The Balaban J connectivity index is 1.92. The van der Waals surface area contributed by atoms with Crippen LogP contribution in [0.1, 0.15) is 23.3 Å². The van der Waals surface area contributed by atoms with Crippen molar-refractivity contribution in [2.45, 2.75) is 13.0 Å². The molecular weight excluding hydrogens is 392 g/mol. The highest BCUT2D eigenvalue weighted by Gasteiger charge is 2.23. The third kappa shape index (κ3) is 3.17. The predicted octanol–water partition coefficient (Wildman–Crippen LogP) is 3.47. The van der Waals surface area contributed by atoms with E-state index < -0.39 is 17.9 Å². The van der Waals surface area contributed by atoms with Crippen molar-refractivity contribution in [2.75, 3.05) is 6.79 Å². The van der Waals surface area contributed by atoms with Crippen molar-refractivity contribution >= 4 is 45.0 Å². The number of carbonyl (C=O) groups excluding carboxylic acids is 1. The van der Waals surface area contributed by atoms with E-state index >= 15 is 0 Å². The van der Waals surface area contributed by atoms with Crippen molar-refractivity contribution in [1.29, 1.82) is 0 Å². The number of amides is 1. The van der Waals surface area contributed by atoms with Crippen LogP contribution in [0.15, 0.2) is 41.4 Å². The van der Waals surface area contributed by atoms with Crippen LogP contribution in [0.25, 0.3) is 10.2 Å². The Labute approximate surface area is 162 Å². The number of carboxylic acid groups (broad SMARTS) is 1. The van der Waals surface area contributed by atoms with E-state index in [2.05, 4.69) is 4.99 Å². The van der Waals surface area contributed by atoms with Crippen LogP contribution in [0.4, 0.5) is 0 Å². The molecule has 1 aliphatic heterocycles. The second-order valence-corrected chi connectivity index (χ2v) is 7.31. The van der Waals surface area contributed by atoms with E-state index in [-0.39, 0.29) is 11.6 Å². The maximum atomic E-state index is 12.6. The van der Waals surface area contributed by atoms with Crippen molar-refractivity contribution in [3.05, 3.63) is 51.8 Å². The standard InChI is InChI=1S/C18H13ClN2O5S/c1-9(17(23)24)21-12-6-13-14(26-8-25-13)7-15(12)27-18(21)20-16(22)10-3-2-4-11(19)5-10/h2-7,9H,8H2,1H3,(H,23,24)/b20-18-. The Bertz CT molecular complexity index is 1150. The summed E-state index contributed by atoms with van der Waals surface area (Å²) in [7, 11) is 0. The summed E-state index contributed by atoms with van der Waals surface area (Å²) >= 11 is 7.14. The molecule has 0 aliphatic carbocycles. The van der Waals surface area contributed by atoms with Crippen molar-refractivity contribution in [3.8, 4) is 11.5 Å². The van der Waals surface area contributed by atoms with Crippen LogP contribution in [-0.4, -0.2) is 28.3 Å². The molecule has 1 unspecified atom stereocenters. The minimum Gasteiger partial charge on any atom is -0.480 e. The minimum absolute atomic E-state index is 0.117. The number of carbonyl (C=O) groups is 2. The first-order chi connectivity index (χ1) is 12.9. The van der Waals surface area contributed by atoms with Gasteiger partial charge in [-0.05, 0) is 25.1 Å². The van der Waals surface area contributed by atoms with Gasteiger partial charge < -0.3 is 19.1 Å². The van der Waals surface area contributed by atoms with Crippen molar-refractivity contribution in [1.82, 2.24) is 4.57 Å². The van der Waals surface area contributed by atoms with Gasteiger partial charge in [-0.25, -0.2) is 4.79 Å². The highest BCUT2D eigenvalue weighted by atomic mass is 35.5. The Morgan fingerprint density at radius 1 is 1.26 bits per heavy atom. The summed E-state index contributed by atoms with van der Waals surface area (Å²) < 4.78 is 13.0. The molecule has 27 heavy (non-hydrogen) atoms. The number of hydrogen-bond donors (Lipinski definition) is 1. The van der Waals surface area contributed by atoms with E-state index in [0.29, 0.717) is 27.6 Å². The molecule has 0 fully saturated rings. The van der Waals surface area contributed by atoms with Crippen LogP contribution >= 0.6 is 22.9 Å². The second kappa shape index (κ2) is 6.71. The summed E-state index contributed by atoms with van der Waals surface area (Å²) in [5, 5.41) is 9.92. The Kier molecular flexibility index (Phi) is 4.37. The van der Waals surface area contributed by atoms with Gasteiger partial charge in [-0.2, -0.15) is 4.99 Å². The van der Waals surface area contributed by atoms with Crippen LogP contribution in [-0.2, 0) is 4.79 Å². The first kappa shape index (κ1) is 17.6. The van der Waals surface area contributed by atoms with Gasteiger partial charge in [-0.3, -0.25) is 4.79 Å². The Morgan fingerprint density at radius 2 is 2.00 bits per heavy atom. The molecule has 2 aromatic carbocycles. The molecule has 0 saturated heterocycles. The molecule has 0 bridgehead atoms. The van der Waals surface area contributed by atoms with E-state index in [4.69, 9.17) is 21.1 Å². The highest BCUT2D eigenvalue weighted by molar-refractivity contribution is 7.16. The molecule has 0 spiro atoms. The number of fused-ring (bicyclic) bond motifs is 2. The van der Waals surface area contributed by atoms with E-state index in [9.17, 15) is 14.7 Å². The number of benzene rings is 2. The maximum Gasteiger partial charge on any atom is 0.326 e. The molecule has 1 N–H and O–H groups in total. The van der Waals surface area contributed by atoms with Crippen molar-refractivity contribution in [3.63, 3.8) is 0 Å². The molecule has 0 radical (unpaired) electrons. The van der Waals surface area contributed by atoms with Crippen molar-refractivity contribution in [2.24, 2.45) is 4.99 Å². The van der Waals surface area contributed by atoms with Gasteiger partial charge in [0.15, 0.2) is 16.3 Å². The Hall–Kier alpha value is -2.84. The average molecular weight is 405 g/mol. The lowest BCUT2D eigenvalue weighted by atomic mass is 10.2. The number of carboxylic acids is 1. The fourth-order valence-electron chi connectivity index (χ4n) is 2.77. The molecule has 3 aromatic rings. The van der Waals surface area contributed by atoms with Crippen LogP contribution in [0.5, 0.6) is 11.5 Å². The zero-order chi connectivity index (χ0) is 19.1. The monoisotopic (exact) mass is 404 g/mol. The number of nitrogens with zero attached hydrogens (tertiary/aromatic N) is 2. The van der Waals surface area contributed by atoms with E-state index in [1.807, 2.05) is 0 Å². The molecule has 1 aliphatic rings. The van der Waals surface area contributed by atoms with Crippen LogP contribution in [0.2, 0.25) is 5.02 Å². The second-order valence-electron chi connectivity index (χ2n) is 5.87. The number of rotatable bonds is 3. The van der Waals surface area contributed by atoms with E-state index in [1.165, 1.54) is 28.9 Å². The predicted molar refractivity (Wildman–Crippen MR) is 99.6 cm³/mol. The number of aromatic nitrogens is 1. The molecule has 1 aromatic heterocycles. The van der Waals surface area contributed by atoms with Gasteiger partial charge in [0.25, 0.3) is 5.91 Å². The first-order valence-corrected chi connectivity index (χ1v) is 9.15. The topological polar surface area (TPSA) is 90.1 Å². The fraction of sp³-hybridized carbons (Fsp3) is 0.167. The summed E-state index contributed by atoms with van der Waals surface area (Å²) in [6.07, 6.45) is 0. The fourth-order valence-corrected chi connectivity index (χ4v) is 4.07. The zero-order valence-corrected chi connectivity index (χ0v) is 15.6. The lowest BCUT2D eigenvalue weighted by molar-refractivity contribution is -0.140. The molecule has 4 rings (SSSR count). The molecule has 7 nitrogen and oxygen atoms in total. The van der Waals surface area contributed by atoms with Gasteiger partial charge >= 0.3 is 5.97 Å². The number of aliphatic carboxylic acids is 1. The summed E-state index contributed by atoms with van der Waals surface area (Å²) in [4.78, 5) is 28.6. The van der Waals surface area contributed by atoms with Crippen LogP contribution < -0.4 is 14.3 Å². The number of ether oxygens (including phenoxy) is 2. The third-order valence-electron chi connectivity index (χ3n) is 4.13. The Morgan fingerprint density at radius 3 is 2.70 bits per heavy atom. The molecule has 138 valence electrons. The first-order valence-electron chi connectivity index (χ1n) is 7.96. The lowest BCUT2D eigenvalue weighted by Crippen LogP contribution is -2.25. The minimum atomic E-state index is -1.04. The molecule has 9 heteroatoms. The summed E-state index contributed by atoms with van der Waals surface area (Å²) in [6.45, 7) is 1.65. The smallest absolute Gasteiger partial charge is 0.326 e. The van der Waals surface area contributed by atoms with Gasteiger partial charge in [0.05, 0.1) is 10.2 Å². The van der Waals surface area contributed by atoms with Gasteiger partial charge in [-0.15, -0.1) is 0 Å². The summed E-state index contributed by atoms with van der Waals surface area (Å²) in [5.74, 6) is -0.439. The van der Waals surface area contributed by atoms with Crippen molar-refractivity contribution < 1.29 is 24.2 Å². The summed E-state index contributed by atoms with van der Waals surface area (Å²) in [5.41, 5.74) is 0.931. The average Bonchev–Trinajstić information content (AvgIpc) is 3.22. The van der Waals surface area contributed by atoms with Gasteiger partial charge in [0.1, 0.15) is 6.04 Å². The van der Waals surface area contributed by atoms with Gasteiger partial charge in [-0.1, -0.05) is 29.0 Å². The highest BCUT2D eigenvalue weighted by Crippen LogP contribution is 2.37. The summed E-state index contributed by atoms with van der Waals surface area (Å²) in [6, 6.07) is 8.97. The number of halogens is 1. The number of hydrogen-bond acceptors (Lipinski definition) is 5. The van der Waals surface area contributed by atoms with Crippen LogP contribution in [0, 0.1) is 0 Å². The SMILES string of the molecule is CC(C(=O)O)n1/c(=N/C(=O)c2cccc(Cl)c2)sc2cc3c(cc21)OCO3. The van der Waals surface area contributed by atoms with Crippen LogP contribution in [0.3, 0.4) is 0 Å². The third-order valence-corrected chi connectivity index (χ3v) is 5.39. The van der Waals surface area contributed by atoms with E-state index in [1.54, 1.807) is 30.3 Å². The van der Waals surface area contributed by atoms with Gasteiger partial charge in [0.2, 0.25) is 6.79 Å². The normalized spacial score (nSPS) is 14.5. The molecular formula is C18H13ClN2O5S. The van der Waals surface area contributed by atoms with Gasteiger partial charge in [0, 0.05) is 22.7 Å². The molecule has 0 saturated carbocycles. The van der Waals surface area contributed by atoms with E-state index in [0.717, 1.165) is 4.70 Å².